The second-order valence-corrected chi connectivity index (χ2v) is 4.01. The third kappa shape index (κ3) is 10.6. The van der Waals surface area contributed by atoms with Crippen LogP contribution in [0.15, 0.2) is 0 Å². The molecule has 0 aromatic rings. The first-order valence-electron chi connectivity index (χ1n) is 3.69. The summed E-state index contributed by atoms with van der Waals surface area (Å²) in [4.78, 5) is -2.67. The van der Waals surface area contributed by atoms with E-state index in [1.165, 1.54) is 0 Å². The normalized spacial score (nSPS) is 12.0. The molecule has 0 amide bonds. The van der Waals surface area contributed by atoms with Crippen LogP contribution in [-0.2, 0) is 0 Å². The molecular formula is C7H12BrClF2. The molecule has 0 aliphatic carbocycles. The summed E-state index contributed by atoms with van der Waals surface area (Å²) in [6, 6.07) is 0. The van der Waals surface area contributed by atoms with Crippen molar-refractivity contribution in [2.75, 3.05) is 5.88 Å². The van der Waals surface area contributed by atoms with Gasteiger partial charge in [0.05, 0.1) is 0 Å². The maximum Gasteiger partial charge on any atom is 0.301 e. The quantitative estimate of drug-likeness (QED) is 0.490. The minimum Gasteiger partial charge on any atom is -0.194 e. The monoisotopic (exact) mass is 248 g/mol. The van der Waals surface area contributed by atoms with Crippen LogP contribution in [0, 0.1) is 0 Å². The lowest BCUT2D eigenvalue weighted by atomic mass is 10.2. The van der Waals surface area contributed by atoms with Crippen molar-refractivity contribution in [2.24, 2.45) is 0 Å². The van der Waals surface area contributed by atoms with Gasteiger partial charge in [0.25, 0.3) is 0 Å². The van der Waals surface area contributed by atoms with E-state index in [4.69, 9.17) is 11.6 Å². The predicted molar refractivity (Wildman–Crippen MR) is 47.7 cm³/mol. The van der Waals surface area contributed by atoms with E-state index in [2.05, 4.69) is 15.9 Å². The Morgan fingerprint density at radius 3 is 2.09 bits per heavy atom. The highest BCUT2D eigenvalue weighted by atomic mass is 79.9. The lowest BCUT2D eigenvalue weighted by molar-refractivity contribution is 0.101. The van der Waals surface area contributed by atoms with Crippen LogP contribution in [0.1, 0.15) is 32.1 Å². The zero-order valence-electron chi connectivity index (χ0n) is 6.25. The Morgan fingerprint density at radius 2 is 1.64 bits per heavy atom. The molecular weight excluding hydrogens is 237 g/mol. The van der Waals surface area contributed by atoms with Crippen LogP contribution in [-0.4, -0.2) is 10.7 Å². The third-order valence-corrected chi connectivity index (χ3v) is 2.01. The Bertz CT molecular complexity index is 92.9. The van der Waals surface area contributed by atoms with E-state index in [1.54, 1.807) is 0 Å². The topological polar surface area (TPSA) is 0 Å². The maximum atomic E-state index is 12.1. The van der Waals surface area contributed by atoms with Gasteiger partial charge in [-0.2, -0.15) is 8.78 Å². The highest BCUT2D eigenvalue weighted by Crippen LogP contribution is 2.28. The molecule has 0 nitrogen and oxygen atoms in total. The fraction of sp³-hybridized carbons (Fsp3) is 1.00. The molecule has 4 heteroatoms. The van der Waals surface area contributed by atoms with Crippen molar-refractivity contribution < 1.29 is 8.78 Å². The summed E-state index contributed by atoms with van der Waals surface area (Å²) in [7, 11) is 0. The Hall–Kier alpha value is 0.630. The van der Waals surface area contributed by atoms with Crippen LogP contribution in [0.4, 0.5) is 8.78 Å². The molecule has 0 saturated heterocycles. The van der Waals surface area contributed by atoms with E-state index >= 15 is 0 Å². The van der Waals surface area contributed by atoms with E-state index < -0.39 is 4.83 Å². The Labute approximate surface area is 79.4 Å². The number of rotatable bonds is 6. The summed E-state index contributed by atoms with van der Waals surface area (Å²) in [5.74, 6) is 0.630. The van der Waals surface area contributed by atoms with E-state index in [1.807, 2.05) is 0 Å². The first-order valence-corrected chi connectivity index (χ1v) is 5.02. The molecule has 0 atom stereocenters. The highest BCUT2D eigenvalue weighted by Gasteiger charge is 2.22. The number of unbranched alkanes of at least 4 members (excludes halogenated alkanes) is 3. The SMILES string of the molecule is FC(F)(Br)CCCCCCCl. The van der Waals surface area contributed by atoms with Crippen LogP contribution in [0.25, 0.3) is 0 Å². The fourth-order valence-corrected chi connectivity index (χ4v) is 1.24. The fourth-order valence-electron chi connectivity index (χ4n) is 0.773. The largest absolute Gasteiger partial charge is 0.301 e. The second kappa shape index (κ2) is 6.18. The van der Waals surface area contributed by atoms with Crippen molar-refractivity contribution in [2.45, 2.75) is 36.9 Å². The van der Waals surface area contributed by atoms with Crippen LogP contribution in [0.5, 0.6) is 0 Å². The van der Waals surface area contributed by atoms with E-state index in [9.17, 15) is 8.78 Å². The van der Waals surface area contributed by atoms with Crippen molar-refractivity contribution >= 4 is 27.5 Å². The van der Waals surface area contributed by atoms with Gasteiger partial charge in [-0.1, -0.05) is 12.8 Å². The molecule has 0 heterocycles. The van der Waals surface area contributed by atoms with Crippen molar-refractivity contribution in [3.8, 4) is 0 Å². The average Bonchev–Trinajstić information content (AvgIpc) is 1.85. The lowest BCUT2D eigenvalue weighted by Crippen LogP contribution is -2.03. The summed E-state index contributed by atoms with van der Waals surface area (Å²) in [5, 5.41) is 0. The van der Waals surface area contributed by atoms with Crippen LogP contribution in [0.2, 0.25) is 0 Å². The van der Waals surface area contributed by atoms with Crippen LogP contribution < -0.4 is 0 Å². The molecule has 0 aromatic carbocycles. The van der Waals surface area contributed by atoms with Crippen molar-refractivity contribution in [3.63, 3.8) is 0 Å². The molecule has 0 bridgehead atoms. The molecule has 0 rings (SSSR count). The molecule has 0 unspecified atom stereocenters. The maximum absolute atomic E-state index is 12.1. The molecule has 0 fully saturated rings. The van der Waals surface area contributed by atoms with Crippen molar-refractivity contribution in [1.29, 1.82) is 0 Å². The molecule has 0 radical (unpaired) electrons. The summed E-state index contributed by atoms with van der Waals surface area (Å²) < 4.78 is 24.2. The van der Waals surface area contributed by atoms with E-state index in [0.29, 0.717) is 12.3 Å². The Morgan fingerprint density at radius 1 is 1.09 bits per heavy atom. The van der Waals surface area contributed by atoms with Gasteiger partial charge < -0.3 is 0 Å². The highest BCUT2D eigenvalue weighted by molar-refractivity contribution is 9.09. The molecule has 0 aliphatic heterocycles. The third-order valence-electron chi connectivity index (χ3n) is 1.34. The summed E-state index contributed by atoms with van der Waals surface area (Å²) >= 11 is 7.70. The van der Waals surface area contributed by atoms with Gasteiger partial charge in [0, 0.05) is 12.3 Å². The number of alkyl halides is 4. The average molecular weight is 250 g/mol. The molecule has 0 saturated carbocycles. The zero-order chi connectivity index (χ0) is 8.74. The van der Waals surface area contributed by atoms with Gasteiger partial charge in [-0.3, -0.25) is 0 Å². The summed E-state index contributed by atoms with van der Waals surface area (Å²) in [6.45, 7) is 0. The molecule has 0 aromatic heterocycles. The standard InChI is InChI=1S/C7H12BrClF2/c8-7(10,11)5-3-1-2-4-6-9/h1-6H2. The van der Waals surface area contributed by atoms with Crippen LogP contribution >= 0.6 is 27.5 Å². The van der Waals surface area contributed by atoms with Gasteiger partial charge in [-0.25, -0.2) is 0 Å². The molecule has 0 spiro atoms. The van der Waals surface area contributed by atoms with Gasteiger partial charge in [0.2, 0.25) is 0 Å². The van der Waals surface area contributed by atoms with E-state index in [-0.39, 0.29) is 6.42 Å². The van der Waals surface area contributed by atoms with E-state index in [0.717, 1.165) is 19.3 Å². The van der Waals surface area contributed by atoms with Crippen molar-refractivity contribution in [3.05, 3.63) is 0 Å². The van der Waals surface area contributed by atoms with Gasteiger partial charge in [0.15, 0.2) is 0 Å². The van der Waals surface area contributed by atoms with Crippen molar-refractivity contribution in [1.82, 2.24) is 0 Å². The summed E-state index contributed by atoms with van der Waals surface area (Å²) in [6.07, 6.45) is 3.21. The minimum absolute atomic E-state index is 0.0741. The molecule has 68 valence electrons. The van der Waals surface area contributed by atoms with Gasteiger partial charge in [0.1, 0.15) is 0 Å². The number of hydrogen-bond acceptors (Lipinski definition) is 0. The minimum atomic E-state index is -2.67. The first-order chi connectivity index (χ1) is 5.06. The number of halogens is 4. The zero-order valence-corrected chi connectivity index (χ0v) is 8.60. The predicted octanol–water partition coefficient (Wildman–Crippen LogP) is 4.16. The smallest absolute Gasteiger partial charge is 0.194 e. The van der Waals surface area contributed by atoms with Gasteiger partial charge in [-0.05, 0) is 28.8 Å². The van der Waals surface area contributed by atoms with Gasteiger partial charge >= 0.3 is 4.83 Å². The lowest BCUT2D eigenvalue weighted by Gasteiger charge is -2.06. The second-order valence-electron chi connectivity index (χ2n) is 2.47. The van der Waals surface area contributed by atoms with Crippen LogP contribution in [0.3, 0.4) is 0 Å². The number of hydrogen-bond donors (Lipinski definition) is 0. The molecule has 0 N–H and O–H groups in total. The summed E-state index contributed by atoms with van der Waals surface area (Å²) in [5.41, 5.74) is 0. The molecule has 11 heavy (non-hydrogen) atoms. The van der Waals surface area contributed by atoms with Gasteiger partial charge in [-0.15, -0.1) is 11.6 Å². The Kier molecular flexibility index (Phi) is 6.53. The molecule has 0 aliphatic rings. The first kappa shape index (κ1) is 11.6. The Balaban J connectivity index is 3.02.